The van der Waals surface area contributed by atoms with Crippen molar-refractivity contribution in [2.24, 2.45) is 7.05 Å². The third kappa shape index (κ3) is 2.49. The number of ether oxygens (including phenoxy) is 1. The zero-order chi connectivity index (χ0) is 15.2. The summed E-state index contributed by atoms with van der Waals surface area (Å²) in [5.41, 5.74) is 1.63. The van der Waals surface area contributed by atoms with E-state index in [1.165, 1.54) is 0 Å². The number of methoxy groups -OCH3 is 1. The lowest BCUT2D eigenvalue weighted by Gasteiger charge is -2.40. The first-order valence-corrected chi connectivity index (χ1v) is 7.61. The van der Waals surface area contributed by atoms with Crippen molar-refractivity contribution in [2.45, 2.75) is 32.3 Å². The Morgan fingerprint density at radius 3 is 2.90 bits per heavy atom. The summed E-state index contributed by atoms with van der Waals surface area (Å²) in [6, 6.07) is 1.94. The molecule has 0 spiro atoms. The van der Waals surface area contributed by atoms with Gasteiger partial charge >= 0.3 is 0 Å². The molecule has 3 heterocycles. The van der Waals surface area contributed by atoms with Crippen LogP contribution in [0.25, 0.3) is 11.0 Å². The summed E-state index contributed by atoms with van der Waals surface area (Å²) >= 11 is 6.45. The van der Waals surface area contributed by atoms with Gasteiger partial charge in [0.25, 0.3) is 0 Å². The van der Waals surface area contributed by atoms with Gasteiger partial charge in [-0.3, -0.25) is 4.68 Å². The second kappa shape index (κ2) is 5.14. The third-order valence-corrected chi connectivity index (χ3v) is 4.68. The van der Waals surface area contributed by atoms with Crippen LogP contribution in [0.15, 0.2) is 6.07 Å². The molecule has 0 aromatic carbocycles. The number of aryl methyl sites for hydroxylation is 2. The Bertz CT molecular complexity index is 684. The smallest absolute Gasteiger partial charge is 0.161 e. The van der Waals surface area contributed by atoms with Gasteiger partial charge in [-0.15, -0.1) is 0 Å². The minimum atomic E-state index is -0.121. The lowest BCUT2D eigenvalue weighted by Crippen LogP contribution is -2.47. The first kappa shape index (κ1) is 14.6. The quantitative estimate of drug-likeness (QED) is 0.855. The molecule has 1 atom stereocenters. The van der Waals surface area contributed by atoms with Crippen molar-refractivity contribution < 1.29 is 4.74 Å². The van der Waals surface area contributed by atoms with Crippen LogP contribution >= 0.6 is 11.6 Å². The number of hydrogen-bond acceptors (Lipinski definition) is 4. The van der Waals surface area contributed by atoms with Gasteiger partial charge in [0.15, 0.2) is 5.65 Å². The summed E-state index contributed by atoms with van der Waals surface area (Å²) in [4.78, 5) is 7.02. The Hall–Kier alpha value is -1.33. The average Bonchev–Trinajstić information content (AvgIpc) is 2.74. The standard InChI is InChI=1S/C15H21ClN4O/c1-10-13-11(16)8-12(17-14(13)19(3)18-10)20-7-5-6-15(2,9-20)21-4/h8H,5-7,9H2,1-4H3. The van der Waals surface area contributed by atoms with Gasteiger partial charge in [-0.1, -0.05) is 11.6 Å². The van der Waals surface area contributed by atoms with Crippen LogP contribution in [0.2, 0.25) is 5.02 Å². The summed E-state index contributed by atoms with van der Waals surface area (Å²) in [6.45, 7) is 5.91. The summed E-state index contributed by atoms with van der Waals surface area (Å²) in [5, 5.41) is 6.06. The Kier molecular flexibility index (Phi) is 3.58. The molecule has 0 radical (unpaired) electrons. The number of anilines is 1. The van der Waals surface area contributed by atoms with Crippen molar-refractivity contribution in [1.82, 2.24) is 14.8 Å². The fourth-order valence-electron chi connectivity index (χ4n) is 3.11. The molecule has 114 valence electrons. The van der Waals surface area contributed by atoms with Gasteiger partial charge < -0.3 is 9.64 Å². The van der Waals surface area contributed by atoms with Gasteiger partial charge in [0, 0.05) is 33.3 Å². The van der Waals surface area contributed by atoms with Crippen molar-refractivity contribution in [1.29, 1.82) is 0 Å². The van der Waals surface area contributed by atoms with Crippen LogP contribution in [-0.4, -0.2) is 40.6 Å². The first-order valence-electron chi connectivity index (χ1n) is 7.23. The van der Waals surface area contributed by atoms with Crippen LogP contribution in [-0.2, 0) is 11.8 Å². The molecule has 0 saturated carbocycles. The Morgan fingerprint density at radius 1 is 1.43 bits per heavy atom. The number of piperidine rings is 1. The molecule has 3 rings (SSSR count). The molecule has 1 aliphatic heterocycles. The number of hydrogen-bond donors (Lipinski definition) is 0. The minimum absolute atomic E-state index is 0.121. The number of fused-ring (bicyclic) bond motifs is 1. The van der Waals surface area contributed by atoms with E-state index < -0.39 is 0 Å². The molecule has 1 unspecified atom stereocenters. The Balaban J connectivity index is 2.03. The first-order chi connectivity index (χ1) is 9.93. The van der Waals surface area contributed by atoms with Crippen molar-refractivity contribution in [3.8, 4) is 0 Å². The Labute approximate surface area is 129 Å². The second-order valence-corrected chi connectivity index (χ2v) is 6.46. The zero-order valence-corrected chi connectivity index (χ0v) is 13.7. The molecule has 0 amide bonds. The number of pyridine rings is 1. The number of aromatic nitrogens is 3. The topological polar surface area (TPSA) is 43.2 Å². The van der Waals surface area contributed by atoms with Crippen LogP contribution in [0.4, 0.5) is 5.82 Å². The van der Waals surface area contributed by atoms with E-state index >= 15 is 0 Å². The monoisotopic (exact) mass is 308 g/mol. The highest BCUT2D eigenvalue weighted by Crippen LogP contribution is 2.32. The highest BCUT2D eigenvalue weighted by Gasteiger charge is 2.31. The molecular formula is C15H21ClN4O. The molecule has 21 heavy (non-hydrogen) atoms. The van der Waals surface area contributed by atoms with E-state index in [4.69, 9.17) is 21.3 Å². The van der Waals surface area contributed by atoms with Gasteiger partial charge in [0.05, 0.1) is 21.7 Å². The Morgan fingerprint density at radius 2 is 2.19 bits per heavy atom. The summed E-state index contributed by atoms with van der Waals surface area (Å²) in [5.74, 6) is 0.901. The van der Waals surface area contributed by atoms with Gasteiger partial charge in [0.2, 0.25) is 0 Å². The second-order valence-electron chi connectivity index (χ2n) is 6.05. The summed E-state index contributed by atoms with van der Waals surface area (Å²) in [6.07, 6.45) is 2.16. The van der Waals surface area contributed by atoms with Crippen LogP contribution in [0.5, 0.6) is 0 Å². The lowest BCUT2D eigenvalue weighted by molar-refractivity contribution is -0.00480. The number of halogens is 1. The van der Waals surface area contributed by atoms with E-state index in [0.29, 0.717) is 5.02 Å². The fraction of sp³-hybridized carbons (Fsp3) is 0.600. The number of rotatable bonds is 2. The van der Waals surface area contributed by atoms with E-state index in [-0.39, 0.29) is 5.60 Å². The highest BCUT2D eigenvalue weighted by molar-refractivity contribution is 6.35. The molecule has 1 saturated heterocycles. The number of nitrogens with zero attached hydrogens (tertiary/aromatic N) is 4. The van der Waals surface area contributed by atoms with E-state index in [2.05, 4.69) is 16.9 Å². The summed E-state index contributed by atoms with van der Waals surface area (Å²) in [7, 11) is 3.68. The maximum atomic E-state index is 6.45. The van der Waals surface area contributed by atoms with Gasteiger partial charge in [-0.25, -0.2) is 4.98 Å². The molecule has 2 aromatic heterocycles. The van der Waals surface area contributed by atoms with E-state index in [1.807, 2.05) is 20.0 Å². The fourth-order valence-corrected chi connectivity index (χ4v) is 3.43. The maximum Gasteiger partial charge on any atom is 0.161 e. The maximum absolute atomic E-state index is 6.45. The largest absolute Gasteiger partial charge is 0.377 e. The van der Waals surface area contributed by atoms with Gasteiger partial charge in [-0.05, 0) is 26.7 Å². The molecule has 2 aromatic rings. The van der Waals surface area contributed by atoms with E-state index in [1.54, 1.807) is 11.8 Å². The molecule has 0 bridgehead atoms. The third-order valence-electron chi connectivity index (χ3n) is 4.38. The van der Waals surface area contributed by atoms with Crippen LogP contribution in [0.1, 0.15) is 25.5 Å². The van der Waals surface area contributed by atoms with Crippen molar-refractivity contribution in [3.05, 3.63) is 16.8 Å². The average molecular weight is 309 g/mol. The molecule has 1 fully saturated rings. The van der Waals surface area contributed by atoms with E-state index in [0.717, 1.165) is 48.5 Å². The van der Waals surface area contributed by atoms with Gasteiger partial charge in [0.1, 0.15) is 5.82 Å². The molecular weight excluding hydrogens is 288 g/mol. The predicted octanol–water partition coefficient (Wildman–Crippen LogP) is 2.94. The van der Waals surface area contributed by atoms with Crippen LogP contribution in [0.3, 0.4) is 0 Å². The molecule has 0 N–H and O–H groups in total. The van der Waals surface area contributed by atoms with E-state index in [9.17, 15) is 0 Å². The molecule has 6 heteroatoms. The zero-order valence-electron chi connectivity index (χ0n) is 13.0. The molecule has 1 aliphatic rings. The summed E-state index contributed by atoms with van der Waals surface area (Å²) < 4.78 is 7.45. The van der Waals surface area contributed by atoms with Crippen molar-refractivity contribution in [2.75, 3.05) is 25.1 Å². The minimum Gasteiger partial charge on any atom is -0.377 e. The molecule has 0 aliphatic carbocycles. The molecule has 5 nitrogen and oxygen atoms in total. The highest BCUT2D eigenvalue weighted by atomic mass is 35.5. The lowest BCUT2D eigenvalue weighted by atomic mass is 9.95. The van der Waals surface area contributed by atoms with Crippen molar-refractivity contribution in [3.63, 3.8) is 0 Å². The normalized spacial score (nSPS) is 23.0. The predicted molar refractivity (Wildman–Crippen MR) is 85.1 cm³/mol. The van der Waals surface area contributed by atoms with Crippen molar-refractivity contribution >= 4 is 28.5 Å². The van der Waals surface area contributed by atoms with Crippen LogP contribution in [0, 0.1) is 6.92 Å². The van der Waals surface area contributed by atoms with Crippen LogP contribution < -0.4 is 4.90 Å². The van der Waals surface area contributed by atoms with Gasteiger partial charge in [-0.2, -0.15) is 5.10 Å². The SMILES string of the molecule is COC1(C)CCCN(c2cc(Cl)c3c(C)nn(C)c3n2)C1.